The van der Waals surface area contributed by atoms with Gasteiger partial charge in [0.2, 0.25) is 0 Å². The molecule has 24 heavy (non-hydrogen) atoms. The number of amides is 1. The smallest absolute Gasteiger partial charge is 0.267 e. The Morgan fingerprint density at radius 1 is 1.42 bits per heavy atom. The molecule has 1 amide bonds. The topological polar surface area (TPSA) is 45.3 Å². The van der Waals surface area contributed by atoms with E-state index in [4.69, 9.17) is 0 Å². The van der Waals surface area contributed by atoms with Crippen molar-refractivity contribution in [3.8, 4) is 0 Å². The van der Waals surface area contributed by atoms with Crippen molar-refractivity contribution in [3.05, 3.63) is 53.4 Å². The predicted molar refractivity (Wildman–Crippen MR) is 97.7 cm³/mol. The lowest BCUT2D eigenvalue weighted by Crippen LogP contribution is -2.30. The van der Waals surface area contributed by atoms with Gasteiger partial charge in [-0.15, -0.1) is 0 Å². The van der Waals surface area contributed by atoms with Gasteiger partial charge in [0.25, 0.3) is 5.91 Å². The van der Waals surface area contributed by atoms with E-state index in [1.165, 1.54) is 30.4 Å². The summed E-state index contributed by atoms with van der Waals surface area (Å²) in [6.45, 7) is 8.69. The van der Waals surface area contributed by atoms with Crippen molar-refractivity contribution in [1.29, 1.82) is 0 Å². The molecule has 4 heteroatoms. The van der Waals surface area contributed by atoms with E-state index in [9.17, 15) is 4.79 Å². The quantitative estimate of drug-likeness (QED) is 0.512. The minimum Gasteiger partial charge on any atom is -0.267 e. The third kappa shape index (κ3) is 4.63. The zero-order valence-corrected chi connectivity index (χ0v) is 15.4. The van der Waals surface area contributed by atoms with Crippen molar-refractivity contribution in [3.63, 3.8) is 0 Å². The van der Waals surface area contributed by atoms with Gasteiger partial charge >= 0.3 is 0 Å². The largest absolute Gasteiger partial charge is 0.277 e. The molecule has 0 saturated heterocycles. The lowest BCUT2D eigenvalue weighted by atomic mass is 9.72. The summed E-state index contributed by atoms with van der Waals surface area (Å²) in [5.74, 6) is -0.202. The Balaban J connectivity index is 2.05. The molecule has 0 aromatic carbocycles. The highest BCUT2D eigenvalue weighted by Gasteiger charge is 2.26. The number of aryl methyl sites for hydroxylation is 1. The Morgan fingerprint density at radius 2 is 2.17 bits per heavy atom. The maximum absolute atomic E-state index is 12.1. The number of aromatic nitrogens is 1. The van der Waals surface area contributed by atoms with Gasteiger partial charge in [-0.2, -0.15) is 5.10 Å². The summed E-state index contributed by atoms with van der Waals surface area (Å²) in [4.78, 5) is 12.1. The molecule has 1 aliphatic carbocycles. The van der Waals surface area contributed by atoms with Crippen molar-refractivity contribution >= 4 is 11.6 Å². The second-order valence-electron chi connectivity index (χ2n) is 7.22. The number of nitrogens with one attached hydrogen (secondary N) is 1. The van der Waals surface area contributed by atoms with Gasteiger partial charge < -0.3 is 0 Å². The van der Waals surface area contributed by atoms with Crippen LogP contribution in [0, 0.1) is 5.41 Å². The van der Waals surface area contributed by atoms with Crippen LogP contribution in [0.2, 0.25) is 0 Å². The van der Waals surface area contributed by atoms with Crippen LogP contribution < -0.4 is 9.99 Å². The van der Waals surface area contributed by atoms with Crippen LogP contribution in [0.1, 0.15) is 57.3 Å². The van der Waals surface area contributed by atoms with Gasteiger partial charge in [-0.3, -0.25) is 4.79 Å². The third-order valence-corrected chi connectivity index (χ3v) is 4.57. The second kappa shape index (κ2) is 7.56. The standard InChI is InChI=1S/C20H27N3O/c1-15-8-6-12-20(3,4)18(15)11-10-16(2)21-22-19(24)17-9-7-13-23(5)14-17/h7,9-11,13-14H,6,8,12H2,1-5H3/p+1. The predicted octanol–water partition coefficient (Wildman–Crippen LogP) is 3.70. The van der Waals surface area contributed by atoms with Gasteiger partial charge in [0, 0.05) is 6.07 Å². The first-order valence-corrected chi connectivity index (χ1v) is 8.48. The van der Waals surface area contributed by atoms with Gasteiger partial charge in [0.05, 0.1) is 5.71 Å². The first kappa shape index (κ1) is 18.1. The van der Waals surface area contributed by atoms with E-state index in [1.54, 1.807) is 12.3 Å². The fraction of sp³-hybridized carbons (Fsp3) is 0.450. The molecule has 0 saturated carbocycles. The fourth-order valence-corrected chi connectivity index (χ4v) is 3.18. The number of pyridine rings is 1. The highest BCUT2D eigenvalue weighted by atomic mass is 16.2. The first-order chi connectivity index (χ1) is 11.3. The minimum atomic E-state index is -0.202. The van der Waals surface area contributed by atoms with E-state index in [1.807, 2.05) is 36.9 Å². The summed E-state index contributed by atoms with van der Waals surface area (Å²) in [6, 6.07) is 3.61. The van der Waals surface area contributed by atoms with Crippen LogP contribution in [0.4, 0.5) is 0 Å². The van der Waals surface area contributed by atoms with Crippen LogP contribution in [0.15, 0.2) is 52.9 Å². The SMILES string of the molecule is CC(C=CC1=C(C)CCCC1(C)C)=NNC(=O)c1ccc[n+](C)c1. The van der Waals surface area contributed by atoms with E-state index in [-0.39, 0.29) is 11.3 Å². The summed E-state index contributed by atoms with van der Waals surface area (Å²) < 4.78 is 1.84. The van der Waals surface area contributed by atoms with E-state index < -0.39 is 0 Å². The van der Waals surface area contributed by atoms with E-state index in [0.717, 1.165) is 5.71 Å². The average Bonchev–Trinajstić information content (AvgIpc) is 2.51. The van der Waals surface area contributed by atoms with Gasteiger partial charge in [0.1, 0.15) is 12.6 Å². The monoisotopic (exact) mass is 326 g/mol. The van der Waals surface area contributed by atoms with Crippen LogP contribution in [0.5, 0.6) is 0 Å². The molecule has 0 radical (unpaired) electrons. The van der Waals surface area contributed by atoms with Gasteiger partial charge in [-0.25, -0.2) is 9.99 Å². The second-order valence-corrected chi connectivity index (χ2v) is 7.22. The summed E-state index contributed by atoms with van der Waals surface area (Å²) in [6.07, 6.45) is 11.4. The molecule has 0 aliphatic heterocycles. The zero-order valence-electron chi connectivity index (χ0n) is 15.4. The molecule has 1 aromatic heterocycles. The molecule has 1 heterocycles. The van der Waals surface area contributed by atoms with Gasteiger partial charge in [-0.1, -0.05) is 25.5 Å². The summed E-state index contributed by atoms with van der Waals surface area (Å²) >= 11 is 0. The Bertz CT molecular complexity index is 711. The Morgan fingerprint density at radius 3 is 2.83 bits per heavy atom. The van der Waals surface area contributed by atoms with Crippen LogP contribution in [0.25, 0.3) is 0 Å². The highest BCUT2D eigenvalue weighted by molar-refractivity contribution is 5.97. The van der Waals surface area contributed by atoms with Gasteiger partial charge in [-0.05, 0) is 56.2 Å². The molecule has 1 aromatic rings. The number of rotatable bonds is 4. The lowest BCUT2D eigenvalue weighted by molar-refractivity contribution is -0.671. The molecule has 0 spiro atoms. The summed E-state index contributed by atoms with van der Waals surface area (Å²) in [5.41, 5.74) is 7.04. The third-order valence-electron chi connectivity index (χ3n) is 4.57. The molecule has 128 valence electrons. The lowest BCUT2D eigenvalue weighted by Gasteiger charge is -2.32. The first-order valence-electron chi connectivity index (χ1n) is 8.48. The van der Waals surface area contributed by atoms with Crippen LogP contribution in [-0.4, -0.2) is 11.6 Å². The Labute approximate surface area is 145 Å². The van der Waals surface area contributed by atoms with E-state index in [0.29, 0.717) is 5.56 Å². The van der Waals surface area contributed by atoms with Crippen molar-refractivity contribution in [2.75, 3.05) is 0 Å². The number of hydrogen-bond donors (Lipinski definition) is 1. The highest BCUT2D eigenvalue weighted by Crippen LogP contribution is 2.40. The number of hydrogen-bond acceptors (Lipinski definition) is 2. The van der Waals surface area contributed by atoms with E-state index >= 15 is 0 Å². The molecular formula is C20H28N3O+. The normalized spacial score (nSPS) is 18.1. The summed E-state index contributed by atoms with van der Waals surface area (Å²) in [7, 11) is 1.88. The van der Waals surface area contributed by atoms with Crippen molar-refractivity contribution < 1.29 is 9.36 Å². The molecule has 4 nitrogen and oxygen atoms in total. The van der Waals surface area contributed by atoms with Crippen LogP contribution in [-0.2, 0) is 7.05 Å². The fourth-order valence-electron chi connectivity index (χ4n) is 3.18. The number of nitrogens with zero attached hydrogens (tertiary/aromatic N) is 2. The number of carbonyl (C=O) groups is 1. The van der Waals surface area contributed by atoms with E-state index in [2.05, 4.69) is 37.4 Å². The maximum Gasteiger partial charge on any atom is 0.277 e. The molecule has 0 fully saturated rings. The van der Waals surface area contributed by atoms with Crippen molar-refractivity contribution in [2.24, 2.45) is 17.6 Å². The average molecular weight is 326 g/mol. The maximum atomic E-state index is 12.1. The molecule has 0 atom stereocenters. The zero-order chi connectivity index (χ0) is 17.7. The number of carbonyl (C=O) groups excluding carboxylic acids is 1. The number of hydrazone groups is 1. The molecule has 2 rings (SSSR count). The van der Waals surface area contributed by atoms with Gasteiger partial charge in [0.15, 0.2) is 12.4 Å². The van der Waals surface area contributed by atoms with Crippen molar-refractivity contribution in [1.82, 2.24) is 5.43 Å². The number of allylic oxidation sites excluding steroid dienone is 4. The molecule has 1 N–H and O–H groups in total. The Hall–Kier alpha value is -2.23. The Kier molecular flexibility index (Phi) is 5.71. The van der Waals surface area contributed by atoms with Crippen molar-refractivity contribution in [2.45, 2.75) is 47.0 Å². The van der Waals surface area contributed by atoms with Crippen LogP contribution in [0.3, 0.4) is 0 Å². The summed E-state index contributed by atoms with van der Waals surface area (Å²) in [5, 5.41) is 4.19. The molecule has 1 aliphatic rings. The van der Waals surface area contributed by atoms with Crippen LogP contribution >= 0.6 is 0 Å². The molecule has 0 bridgehead atoms. The molecule has 0 unspecified atom stereocenters. The minimum absolute atomic E-state index is 0.202. The molecular weight excluding hydrogens is 298 g/mol.